The van der Waals surface area contributed by atoms with Crippen molar-refractivity contribution in [2.75, 3.05) is 7.05 Å². The third-order valence-corrected chi connectivity index (χ3v) is 5.50. The van der Waals surface area contributed by atoms with E-state index in [9.17, 15) is 9.59 Å². The summed E-state index contributed by atoms with van der Waals surface area (Å²) in [5, 5.41) is 4.23. The summed E-state index contributed by atoms with van der Waals surface area (Å²) in [7, 11) is 1.69. The summed E-state index contributed by atoms with van der Waals surface area (Å²) < 4.78 is 5.36. The fourth-order valence-corrected chi connectivity index (χ4v) is 3.80. The number of aromatic nitrogens is 1. The van der Waals surface area contributed by atoms with Gasteiger partial charge in [0.1, 0.15) is 11.8 Å². The summed E-state index contributed by atoms with van der Waals surface area (Å²) in [4.78, 5) is 31.0. The summed E-state index contributed by atoms with van der Waals surface area (Å²) in [5.41, 5.74) is 2.25. The lowest BCUT2D eigenvalue weighted by Crippen LogP contribution is -2.48. The molecule has 0 radical (unpaired) electrons. The molecule has 0 unspecified atom stereocenters. The number of aromatic amines is 1. The Hall–Kier alpha value is -3.51. The smallest absolute Gasteiger partial charge is 0.253 e. The van der Waals surface area contributed by atoms with Crippen LogP contribution in [-0.2, 0) is 17.8 Å². The number of H-pyrrole nitrogens is 1. The summed E-state index contributed by atoms with van der Waals surface area (Å²) >= 11 is 6.19. The van der Waals surface area contributed by atoms with E-state index in [1.807, 2.05) is 30.5 Å². The number of amides is 2. The van der Waals surface area contributed by atoms with E-state index >= 15 is 0 Å². The molecular formula is C24H22ClN3O3. The van der Waals surface area contributed by atoms with Gasteiger partial charge in [-0.3, -0.25) is 9.59 Å². The summed E-state index contributed by atoms with van der Waals surface area (Å²) in [5.74, 6) is 0.0522. The molecule has 158 valence electrons. The largest absolute Gasteiger partial charge is 0.467 e. The molecule has 2 amide bonds. The zero-order valence-corrected chi connectivity index (χ0v) is 17.7. The SMILES string of the molecule is CN(Cc1ccco1)C(=O)[C@H](Cc1c[nH]c2ccccc12)NC(=O)c1ccccc1Cl. The second-order valence-electron chi connectivity index (χ2n) is 7.34. The van der Waals surface area contributed by atoms with Gasteiger partial charge in [-0.2, -0.15) is 0 Å². The standard InChI is InChI=1S/C24H22ClN3O3/c1-28(15-17-7-6-12-31-17)24(30)22(27-23(29)19-9-2-4-10-20(19)25)13-16-14-26-21-11-5-3-8-18(16)21/h2-12,14,22,26H,13,15H2,1H3,(H,27,29)/t22-/m0/s1. The second-order valence-corrected chi connectivity index (χ2v) is 7.75. The zero-order chi connectivity index (χ0) is 21.8. The zero-order valence-electron chi connectivity index (χ0n) is 17.0. The predicted molar refractivity (Wildman–Crippen MR) is 120 cm³/mol. The fourth-order valence-electron chi connectivity index (χ4n) is 3.58. The van der Waals surface area contributed by atoms with Crippen LogP contribution in [0, 0.1) is 0 Å². The first-order valence-corrected chi connectivity index (χ1v) is 10.3. The van der Waals surface area contributed by atoms with Crippen LogP contribution in [0.1, 0.15) is 21.7 Å². The van der Waals surface area contributed by atoms with Gasteiger partial charge in [0.2, 0.25) is 5.91 Å². The van der Waals surface area contributed by atoms with Crippen LogP contribution >= 0.6 is 11.6 Å². The topological polar surface area (TPSA) is 78.3 Å². The maximum Gasteiger partial charge on any atom is 0.253 e. The van der Waals surface area contributed by atoms with Crippen LogP contribution in [0.25, 0.3) is 10.9 Å². The molecule has 2 aromatic carbocycles. The third-order valence-electron chi connectivity index (χ3n) is 5.17. The number of carbonyl (C=O) groups is 2. The van der Waals surface area contributed by atoms with Crippen LogP contribution in [-0.4, -0.2) is 34.8 Å². The van der Waals surface area contributed by atoms with Gasteiger partial charge in [0.05, 0.1) is 23.4 Å². The highest BCUT2D eigenvalue weighted by molar-refractivity contribution is 6.33. The van der Waals surface area contributed by atoms with Gasteiger partial charge >= 0.3 is 0 Å². The molecule has 6 nitrogen and oxygen atoms in total. The highest BCUT2D eigenvalue weighted by Crippen LogP contribution is 2.21. The van der Waals surface area contributed by atoms with Crippen molar-refractivity contribution in [2.24, 2.45) is 0 Å². The molecular weight excluding hydrogens is 414 g/mol. The van der Waals surface area contributed by atoms with Crippen molar-refractivity contribution in [1.82, 2.24) is 15.2 Å². The molecule has 0 spiro atoms. The molecule has 0 aliphatic rings. The van der Waals surface area contributed by atoms with Crippen LogP contribution in [0.3, 0.4) is 0 Å². The maximum atomic E-state index is 13.3. The van der Waals surface area contributed by atoms with Gasteiger partial charge in [0.25, 0.3) is 5.91 Å². The summed E-state index contributed by atoms with van der Waals surface area (Å²) in [6, 6.07) is 17.4. The van der Waals surface area contributed by atoms with Crippen molar-refractivity contribution in [3.63, 3.8) is 0 Å². The minimum absolute atomic E-state index is 0.220. The Kier molecular flexibility index (Phi) is 6.09. The van der Waals surface area contributed by atoms with Crippen LogP contribution in [0.15, 0.2) is 77.5 Å². The van der Waals surface area contributed by atoms with Crippen LogP contribution in [0.2, 0.25) is 5.02 Å². The molecule has 4 aromatic rings. The van der Waals surface area contributed by atoms with E-state index < -0.39 is 11.9 Å². The lowest BCUT2D eigenvalue weighted by molar-refractivity contribution is -0.132. The number of fused-ring (bicyclic) bond motifs is 1. The van der Waals surface area contributed by atoms with Gasteiger partial charge in [0, 0.05) is 30.6 Å². The molecule has 0 bridgehead atoms. The molecule has 2 aromatic heterocycles. The van der Waals surface area contributed by atoms with Gasteiger partial charge in [0.15, 0.2) is 0 Å². The first kappa shape index (κ1) is 20.8. The van der Waals surface area contributed by atoms with Crippen LogP contribution in [0.4, 0.5) is 0 Å². The Morgan fingerprint density at radius 1 is 1.10 bits per heavy atom. The minimum Gasteiger partial charge on any atom is -0.467 e. The highest BCUT2D eigenvalue weighted by Gasteiger charge is 2.27. The minimum atomic E-state index is -0.775. The van der Waals surface area contributed by atoms with Gasteiger partial charge in [-0.15, -0.1) is 0 Å². The van der Waals surface area contributed by atoms with E-state index in [4.69, 9.17) is 16.0 Å². The molecule has 0 aliphatic carbocycles. The Bertz CT molecular complexity index is 1200. The van der Waals surface area contributed by atoms with Crippen molar-refractivity contribution >= 4 is 34.3 Å². The highest BCUT2D eigenvalue weighted by atomic mass is 35.5. The number of rotatable bonds is 7. The number of likely N-dealkylation sites (N-methyl/N-ethyl adjacent to an activating group) is 1. The number of nitrogens with zero attached hydrogens (tertiary/aromatic N) is 1. The Morgan fingerprint density at radius 3 is 2.65 bits per heavy atom. The predicted octanol–water partition coefficient (Wildman–Crippen LogP) is 4.41. The molecule has 7 heteroatoms. The van der Waals surface area contributed by atoms with E-state index in [-0.39, 0.29) is 5.91 Å². The average Bonchev–Trinajstić information content (AvgIpc) is 3.43. The number of carbonyl (C=O) groups excluding carboxylic acids is 2. The lowest BCUT2D eigenvalue weighted by Gasteiger charge is -2.24. The number of furan rings is 1. The first-order chi connectivity index (χ1) is 15.0. The van der Waals surface area contributed by atoms with Gasteiger partial charge in [-0.05, 0) is 35.9 Å². The maximum absolute atomic E-state index is 13.3. The number of hydrogen-bond donors (Lipinski definition) is 2. The van der Waals surface area contributed by atoms with Gasteiger partial charge < -0.3 is 19.6 Å². The van der Waals surface area contributed by atoms with Crippen molar-refractivity contribution in [1.29, 1.82) is 0 Å². The number of hydrogen-bond acceptors (Lipinski definition) is 3. The van der Waals surface area contributed by atoms with Crippen LogP contribution < -0.4 is 5.32 Å². The average molecular weight is 436 g/mol. The Balaban J connectivity index is 1.60. The first-order valence-electron chi connectivity index (χ1n) is 9.90. The van der Waals surface area contributed by atoms with Gasteiger partial charge in [-0.25, -0.2) is 0 Å². The summed E-state index contributed by atoms with van der Waals surface area (Å²) in [6.07, 6.45) is 3.77. The van der Waals surface area contributed by atoms with Crippen LogP contribution in [0.5, 0.6) is 0 Å². The molecule has 2 N–H and O–H groups in total. The van der Waals surface area contributed by atoms with E-state index in [2.05, 4.69) is 10.3 Å². The number of nitrogens with one attached hydrogen (secondary N) is 2. The van der Waals surface area contributed by atoms with Crippen molar-refractivity contribution in [3.8, 4) is 0 Å². The number of para-hydroxylation sites is 1. The molecule has 0 saturated carbocycles. The third kappa shape index (κ3) is 4.64. The second kappa shape index (κ2) is 9.10. The number of benzene rings is 2. The molecule has 0 aliphatic heterocycles. The molecule has 1 atom stereocenters. The normalized spacial score (nSPS) is 11.9. The fraction of sp³-hybridized carbons (Fsp3) is 0.167. The lowest BCUT2D eigenvalue weighted by atomic mass is 10.0. The van der Waals surface area contributed by atoms with Crippen molar-refractivity contribution in [3.05, 3.63) is 95.0 Å². The quantitative estimate of drug-likeness (QED) is 0.451. The van der Waals surface area contributed by atoms with E-state index in [0.29, 0.717) is 29.3 Å². The molecule has 0 fully saturated rings. The van der Waals surface area contributed by atoms with Gasteiger partial charge in [-0.1, -0.05) is 41.9 Å². The van der Waals surface area contributed by atoms with E-state index in [1.165, 1.54) is 0 Å². The molecule has 0 saturated heterocycles. The Morgan fingerprint density at radius 2 is 1.87 bits per heavy atom. The van der Waals surface area contributed by atoms with Crippen molar-refractivity contribution in [2.45, 2.75) is 19.0 Å². The Labute approximate surface area is 184 Å². The molecule has 31 heavy (non-hydrogen) atoms. The van der Waals surface area contributed by atoms with E-state index in [1.54, 1.807) is 54.6 Å². The van der Waals surface area contributed by atoms with Crippen molar-refractivity contribution < 1.29 is 14.0 Å². The molecule has 4 rings (SSSR count). The monoisotopic (exact) mass is 435 g/mol. The number of halogens is 1. The summed E-state index contributed by atoms with van der Waals surface area (Å²) in [6.45, 7) is 0.304. The molecule has 2 heterocycles. The van der Waals surface area contributed by atoms with E-state index in [0.717, 1.165) is 16.5 Å².